The first-order chi connectivity index (χ1) is 14.5. The summed E-state index contributed by atoms with van der Waals surface area (Å²) in [7, 11) is 9.11. The van der Waals surface area contributed by atoms with E-state index in [0.717, 1.165) is 42.7 Å². The Balaban J connectivity index is 1.78. The Morgan fingerprint density at radius 2 is 1.93 bits per heavy atom. The van der Waals surface area contributed by atoms with E-state index >= 15 is 0 Å². The second kappa shape index (κ2) is 9.82. The number of nitrogens with one attached hydrogen (secondary N) is 1. The summed E-state index contributed by atoms with van der Waals surface area (Å²) in [6.45, 7) is 1.46. The average Bonchev–Trinajstić information content (AvgIpc) is 3.18. The molecule has 0 spiro atoms. The lowest BCUT2D eigenvalue weighted by atomic mass is 9.69. The summed E-state index contributed by atoms with van der Waals surface area (Å²) < 4.78 is 12.8. The molecule has 1 aromatic carbocycles. The van der Waals surface area contributed by atoms with Crippen LogP contribution < -0.4 is 14.8 Å². The topological polar surface area (TPSA) is 76.8 Å². The highest BCUT2D eigenvalue weighted by molar-refractivity contribution is 5.79. The SMILES string of the molecule is CN=C(NCC1(c2ccc(OC)c(OC)c2)CCCCC1)N(C)Cc1ncnn1C. The van der Waals surface area contributed by atoms with Crippen molar-refractivity contribution >= 4 is 5.96 Å². The van der Waals surface area contributed by atoms with Gasteiger partial charge in [-0.25, -0.2) is 4.98 Å². The largest absolute Gasteiger partial charge is 0.493 e. The molecule has 1 heterocycles. The molecule has 164 valence electrons. The smallest absolute Gasteiger partial charge is 0.193 e. The zero-order valence-electron chi connectivity index (χ0n) is 18.8. The molecule has 0 unspecified atom stereocenters. The number of aryl methyl sites for hydroxylation is 1. The molecule has 1 saturated carbocycles. The van der Waals surface area contributed by atoms with E-state index in [9.17, 15) is 0 Å². The van der Waals surface area contributed by atoms with E-state index in [0.29, 0.717) is 6.54 Å². The van der Waals surface area contributed by atoms with Crippen molar-refractivity contribution in [3.63, 3.8) is 0 Å². The van der Waals surface area contributed by atoms with Gasteiger partial charge in [-0.1, -0.05) is 25.3 Å². The van der Waals surface area contributed by atoms with Crippen molar-refractivity contribution in [3.05, 3.63) is 35.9 Å². The molecule has 8 nitrogen and oxygen atoms in total. The molecule has 1 N–H and O–H groups in total. The number of ether oxygens (including phenoxy) is 2. The highest BCUT2D eigenvalue weighted by Gasteiger charge is 2.35. The summed E-state index contributed by atoms with van der Waals surface area (Å²) in [6, 6.07) is 6.33. The zero-order valence-corrected chi connectivity index (χ0v) is 18.8. The summed E-state index contributed by atoms with van der Waals surface area (Å²) >= 11 is 0. The molecule has 3 rings (SSSR count). The average molecular weight is 415 g/mol. The zero-order chi connectivity index (χ0) is 21.6. The number of benzene rings is 1. The summed E-state index contributed by atoms with van der Waals surface area (Å²) in [5.74, 6) is 3.29. The fourth-order valence-electron chi connectivity index (χ4n) is 4.35. The minimum atomic E-state index is 0.0410. The number of aromatic nitrogens is 3. The quantitative estimate of drug-likeness (QED) is 0.555. The van der Waals surface area contributed by atoms with Gasteiger partial charge in [-0.05, 0) is 30.5 Å². The fourth-order valence-corrected chi connectivity index (χ4v) is 4.35. The number of nitrogens with zero attached hydrogens (tertiary/aromatic N) is 5. The van der Waals surface area contributed by atoms with E-state index in [1.807, 2.05) is 27.2 Å². The highest BCUT2D eigenvalue weighted by Crippen LogP contribution is 2.42. The lowest BCUT2D eigenvalue weighted by Crippen LogP contribution is -2.47. The Bertz CT molecular complexity index is 857. The maximum atomic E-state index is 5.58. The third-order valence-electron chi connectivity index (χ3n) is 6.15. The van der Waals surface area contributed by atoms with Gasteiger partial charge in [0.1, 0.15) is 12.2 Å². The van der Waals surface area contributed by atoms with Crippen molar-refractivity contribution in [2.24, 2.45) is 12.0 Å². The number of aliphatic imine (C=N–C) groups is 1. The van der Waals surface area contributed by atoms with Crippen molar-refractivity contribution in [2.45, 2.75) is 44.1 Å². The van der Waals surface area contributed by atoms with Gasteiger partial charge in [-0.15, -0.1) is 0 Å². The Morgan fingerprint density at radius 1 is 1.20 bits per heavy atom. The molecule has 0 radical (unpaired) electrons. The van der Waals surface area contributed by atoms with Crippen molar-refractivity contribution in [1.29, 1.82) is 0 Å². The van der Waals surface area contributed by atoms with Crippen LogP contribution in [-0.4, -0.2) is 60.5 Å². The molecule has 1 aromatic heterocycles. The van der Waals surface area contributed by atoms with E-state index in [2.05, 4.69) is 37.4 Å². The first kappa shape index (κ1) is 21.9. The highest BCUT2D eigenvalue weighted by atomic mass is 16.5. The number of guanidine groups is 1. The fraction of sp³-hybridized carbons (Fsp3) is 0.591. The molecule has 0 aliphatic heterocycles. The normalized spacial score (nSPS) is 16.2. The van der Waals surface area contributed by atoms with Crippen LogP contribution in [0, 0.1) is 0 Å². The maximum Gasteiger partial charge on any atom is 0.193 e. The van der Waals surface area contributed by atoms with Gasteiger partial charge >= 0.3 is 0 Å². The van der Waals surface area contributed by atoms with Gasteiger partial charge in [-0.3, -0.25) is 9.67 Å². The molecule has 1 fully saturated rings. The van der Waals surface area contributed by atoms with E-state index < -0.39 is 0 Å². The summed E-state index contributed by atoms with van der Waals surface area (Å²) in [6.07, 6.45) is 7.59. The van der Waals surface area contributed by atoms with Crippen LogP contribution in [-0.2, 0) is 19.0 Å². The van der Waals surface area contributed by atoms with Gasteiger partial charge in [0, 0.05) is 33.1 Å². The second-order valence-electron chi connectivity index (χ2n) is 7.97. The summed E-state index contributed by atoms with van der Waals surface area (Å²) in [4.78, 5) is 10.9. The molecule has 0 atom stereocenters. The molecule has 2 aromatic rings. The van der Waals surface area contributed by atoms with Crippen LogP contribution in [0.25, 0.3) is 0 Å². The third-order valence-corrected chi connectivity index (χ3v) is 6.15. The molecule has 0 saturated heterocycles. The summed E-state index contributed by atoms with van der Waals surface area (Å²) in [5, 5.41) is 7.77. The van der Waals surface area contributed by atoms with Crippen LogP contribution in [0.3, 0.4) is 0 Å². The van der Waals surface area contributed by atoms with Crippen LogP contribution >= 0.6 is 0 Å². The number of hydrogen-bond donors (Lipinski definition) is 1. The van der Waals surface area contributed by atoms with Gasteiger partial charge in [0.15, 0.2) is 17.5 Å². The number of hydrogen-bond acceptors (Lipinski definition) is 5. The molecule has 0 bridgehead atoms. The van der Waals surface area contributed by atoms with Gasteiger partial charge in [-0.2, -0.15) is 5.10 Å². The van der Waals surface area contributed by atoms with Crippen molar-refractivity contribution in [2.75, 3.05) is 34.9 Å². The number of methoxy groups -OCH3 is 2. The van der Waals surface area contributed by atoms with Gasteiger partial charge in [0.2, 0.25) is 0 Å². The summed E-state index contributed by atoms with van der Waals surface area (Å²) in [5.41, 5.74) is 1.33. The number of rotatable bonds is 7. The standard InChI is InChI=1S/C22H34N6O2/c1-23-21(27(2)14-20-25-16-26-28(20)3)24-15-22(11-7-6-8-12-22)17-9-10-18(29-4)19(13-17)30-5/h9-10,13,16H,6-8,11-12,14-15H2,1-5H3,(H,23,24). The van der Waals surface area contributed by atoms with Crippen LogP contribution in [0.1, 0.15) is 43.5 Å². The van der Waals surface area contributed by atoms with Gasteiger partial charge in [0.25, 0.3) is 0 Å². The first-order valence-corrected chi connectivity index (χ1v) is 10.5. The lowest BCUT2D eigenvalue weighted by Gasteiger charge is -2.39. The Morgan fingerprint density at radius 3 is 2.53 bits per heavy atom. The van der Waals surface area contributed by atoms with E-state index in [1.165, 1.54) is 24.8 Å². The Labute approximate surface area is 179 Å². The maximum absolute atomic E-state index is 5.58. The van der Waals surface area contributed by atoms with Crippen LogP contribution in [0.15, 0.2) is 29.5 Å². The van der Waals surface area contributed by atoms with E-state index in [1.54, 1.807) is 25.2 Å². The molecular weight excluding hydrogens is 380 g/mol. The molecule has 30 heavy (non-hydrogen) atoms. The molecule has 1 aliphatic carbocycles. The first-order valence-electron chi connectivity index (χ1n) is 10.5. The van der Waals surface area contributed by atoms with Gasteiger partial charge < -0.3 is 19.7 Å². The predicted octanol–water partition coefficient (Wildman–Crippen LogP) is 2.74. The second-order valence-corrected chi connectivity index (χ2v) is 7.97. The Hall–Kier alpha value is -2.77. The third kappa shape index (κ3) is 4.68. The van der Waals surface area contributed by atoms with E-state index in [-0.39, 0.29) is 5.41 Å². The lowest BCUT2D eigenvalue weighted by molar-refractivity contribution is 0.285. The monoisotopic (exact) mass is 414 g/mol. The van der Waals surface area contributed by atoms with E-state index in [4.69, 9.17) is 9.47 Å². The molecule has 8 heteroatoms. The predicted molar refractivity (Wildman–Crippen MR) is 118 cm³/mol. The van der Waals surface area contributed by atoms with Crippen LogP contribution in [0.4, 0.5) is 0 Å². The minimum Gasteiger partial charge on any atom is -0.493 e. The Kier molecular flexibility index (Phi) is 7.18. The van der Waals surface area contributed by atoms with Crippen LogP contribution in [0.2, 0.25) is 0 Å². The van der Waals surface area contributed by atoms with Crippen molar-refractivity contribution < 1.29 is 9.47 Å². The van der Waals surface area contributed by atoms with Crippen LogP contribution in [0.5, 0.6) is 11.5 Å². The van der Waals surface area contributed by atoms with Crippen molar-refractivity contribution in [3.8, 4) is 11.5 Å². The minimum absolute atomic E-state index is 0.0410. The van der Waals surface area contributed by atoms with Crippen molar-refractivity contribution in [1.82, 2.24) is 25.0 Å². The van der Waals surface area contributed by atoms with Gasteiger partial charge in [0.05, 0.1) is 20.8 Å². The molecule has 1 aliphatic rings. The molecule has 0 amide bonds. The molecular formula is C22H34N6O2.